The number of rotatable bonds is 3. The molecule has 0 saturated carbocycles. The molecule has 0 aromatic rings. The minimum Gasteiger partial charge on any atom is -0.355 e. The fourth-order valence-corrected chi connectivity index (χ4v) is 2.41. The molecule has 0 aliphatic carbocycles. The molecule has 1 fully saturated rings. The van der Waals surface area contributed by atoms with Gasteiger partial charge >= 0.3 is 0 Å². The van der Waals surface area contributed by atoms with E-state index < -0.39 is 0 Å². The summed E-state index contributed by atoms with van der Waals surface area (Å²) < 4.78 is 0. The molecule has 0 bridgehead atoms. The number of thioether (sulfide) groups is 1. The molecule has 1 saturated heterocycles. The van der Waals surface area contributed by atoms with E-state index in [1.807, 2.05) is 11.8 Å². The average molecular weight is 188 g/mol. The summed E-state index contributed by atoms with van der Waals surface area (Å²) in [5.74, 6) is 2.69. The van der Waals surface area contributed by atoms with Crippen molar-refractivity contribution in [1.82, 2.24) is 5.32 Å². The van der Waals surface area contributed by atoms with Crippen molar-refractivity contribution >= 4 is 17.7 Å². The summed E-state index contributed by atoms with van der Waals surface area (Å²) in [7, 11) is 0. The number of hydrogen-bond acceptors (Lipinski definition) is 3. The molecule has 3 N–H and O–H groups in total. The van der Waals surface area contributed by atoms with Crippen molar-refractivity contribution in [1.29, 1.82) is 0 Å². The molecule has 0 aromatic heterocycles. The number of carbonyl (C=O) groups is 1. The first kappa shape index (κ1) is 9.86. The van der Waals surface area contributed by atoms with Gasteiger partial charge in [-0.15, -0.1) is 0 Å². The zero-order valence-electron chi connectivity index (χ0n) is 7.21. The lowest BCUT2D eigenvalue weighted by Crippen LogP contribution is -2.35. The third kappa shape index (κ3) is 3.03. The summed E-state index contributed by atoms with van der Waals surface area (Å²) in [6.45, 7) is 1.15. The maximum atomic E-state index is 11.4. The lowest BCUT2D eigenvalue weighted by Gasteiger charge is -2.20. The van der Waals surface area contributed by atoms with Crippen molar-refractivity contribution in [2.75, 3.05) is 24.6 Å². The van der Waals surface area contributed by atoms with Crippen molar-refractivity contribution in [2.24, 2.45) is 11.7 Å². The first-order valence-electron chi connectivity index (χ1n) is 4.40. The van der Waals surface area contributed by atoms with E-state index in [9.17, 15) is 4.79 Å². The Morgan fingerprint density at radius 1 is 1.50 bits per heavy atom. The summed E-state index contributed by atoms with van der Waals surface area (Å²) >= 11 is 1.94. The second-order valence-electron chi connectivity index (χ2n) is 2.97. The molecule has 0 aromatic carbocycles. The van der Waals surface area contributed by atoms with Crippen LogP contribution in [-0.2, 0) is 4.79 Å². The van der Waals surface area contributed by atoms with E-state index in [0.717, 1.165) is 24.3 Å². The monoisotopic (exact) mass is 188 g/mol. The highest BCUT2D eigenvalue weighted by Crippen LogP contribution is 2.22. The zero-order valence-corrected chi connectivity index (χ0v) is 8.03. The Morgan fingerprint density at radius 2 is 2.17 bits per heavy atom. The molecule has 1 rings (SSSR count). The van der Waals surface area contributed by atoms with E-state index in [-0.39, 0.29) is 11.8 Å². The lowest BCUT2D eigenvalue weighted by atomic mass is 10.0. The second-order valence-corrected chi connectivity index (χ2v) is 4.19. The molecule has 12 heavy (non-hydrogen) atoms. The number of carbonyl (C=O) groups excluding carboxylic acids is 1. The van der Waals surface area contributed by atoms with Gasteiger partial charge in [0.25, 0.3) is 0 Å². The maximum Gasteiger partial charge on any atom is 0.223 e. The van der Waals surface area contributed by atoms with Gasteiger partial charge in [0.2, 0.25) is 5.91 Å². The Balaban J connectivity index is 2.20. The van der Waals surface area contributed by atoms with Crippen LogP contribution in [-0.4, -0.2) is 30.5 Å². The van der Waals surface area contributed by atoms with Gasteiger partial charge in [-0.2, -0.15) is 11.8 Å². The van der Waals surface area contributed by atoms with Crippen LogP contribution >= 0.6 is 11.8 Å². The number of amides is 1. The van der Waals surface area contributed by atoms with Crippen LogP contribution < -0.4 is 11.1 Å². The molecule has 1 aliphatic rings. The maximum absolute atomic E-state index is 11.4. The fraction of sp³-hybridized carbons (Fsp3) is 0.875. The van der Waals surface area contributed by atoms with Gasteiger partial charge in [0.1, 0.15) is 0 Å². The van der Waals surface area contributed by atoms with Gasteiger partial charge in [0, 0.05) is 19.0 Å². The lowest BCUT2D eigenvalue weighted by molar-refractivity contribution is -0.125. The van der Waals surface area contributed by atoms with Gasteiger partial charge in [-0.05, 0) is 24.3 Å². The van der Waals surface area contributed by atoms with Crippen molar-refractivity contribution in [3.8, 4) is 0 Å². The van der Waals surface area contributed by atoms with Crippen molar-refractivity contribution in [3.05, 3.63) is 0 Å². The highest BCUT2D eigenvalue weighted by atomic mass is 32.2. The normalized spacial score (nSPS) is 19.1. The molecule has 1 aliphatic heterocycles. The summed E-state index contributed by atoms with van der Waals surface area (Å²) in [6, 6.07) is 0. The quantitative estimate of drug-likeness (QED) is 0.665. The summed E-state index contributed by atoms with van der Waals surface area (Å²) in [5.41, 5.74) is 5.29. The first-order valence-corrected chi connectivity index (χ1v) is 5.55. The molecule has 0 radical (unpaired) electrons. The van der Waals surface area contributed by atoms with Crippen LogP contribution in [0.2, 0.25) is 0 Å². The smallest absolute Gasteiger partial charge is 0.223 e. The van der Waals surface area contributed by atoms with Crippen LogP contribution in [0.25, 0.3) is 0 Å². The topological polar surface area (TPSA) is 55.1 Å². The largest absolute Gasteiger partial charge is 0.355 e. The Bertz CT molecular complexity index is 146. The zero-order chi connectivity index (χ0) is 8.81. The molecule has 1 amide bonds. The minimum absolute atomic E-state index is 0.195. The molecule has 0 atom stereocenters. The molecular formula is C8H16N2OS. The second kappa shape index (κ2) is 5.43. The molecule has 0 unspecified atom stereocenters. The van der Waals surface area contributed by atoms with Crippen molar-refractivity contribution in [2.45, 2.75) is 12.8 Å². The standard InChI is InChI=1S/C8H16N2OS/c9-3-4-10-8(11)7-1-5-12-6-2-7/h7H,1-6,9H2,(H,10,11). The molecule has 0 spiro atoms. The Hall–Kier alpha value is -0.220. The summed E-state index contributed by atoms with van der Waals surface area (Å²) in [4.78, 5) is 11.4. The molecule has 4 heteroatoms. The summed E-state index contributed by atoms with van der Waals surface area (Å²) in [5, 5.41) is 2.83. The minimum atomic E-state index is 0.195. The predicted molar refractivity (Wildman–Crippen MR) is 52.1 cm³/mol. The van der Waals surface area contributed by atoms with E-state index in [2.05, 4.69) is 5.32 Å². The van der Waals surface area contributed by atoms with Gasteiger partial charge in [-0.3, -0.25) is 4.79 Å². The highest BCUT2D eigenvalue weighted by molar-refractivity contribution is 7.99. The fourth-order valence-electron chi connectivity index (χ4n) is 1.30. The Labute approximate surface area is 77.5 Å². The van der Waals surface area contributed by atoms with Gasteiger partial charge < -0.3 is 11.1 Å². The van der Waals surface area contributed by atoms with Crippen LogP contribution in [0.1, 0.15) is 12.8 Å². The van der Waals surface area contributed by atoms with Gasteiger partial charge in [-0.1, -0.05) is 0 Å². The van der Waals surface area contributed by atoms with Crippen LogP contribution in [0, 0.1) is 5.92 Å². The van der Waals surface area contributed by atoms with Crippen molar-refractivity contribution < 1.29 is 4.79 Å². The Morgan fingerprint density at radius 3 is 2.75 bits per heavy atom. The number of nitrogens with two attached hydrogens (primary N) is 1. The molecular weight excluding hydrogens is 172 g/mol. The predicted octanol–water partition coefficient (Wildman–Crippen LogP) is 0.204. The summed E-state index contributed by atoms with van der Waals surface area (Å²) in [6.07, 6.45) is 2.06. The van der Waals surface area contributed by atoms with Gasteiger partial charge in [0.05, 0.1) is 0 Å². The van der Waals surface area contributed by atoms with Crippen LogP contribution in [0.15, 0.2) is 0 Å². The third-order valence-electron chi connectivity index (χ3n) is 2.04. The van der Waals surface area contributed by atoms with Gasteiger partial charge in [0.15, 0.2) is 0 Å². The van der Waals surface area contributed by atoms with E-state index >= 15 is 0 Å². The number of hydrogen-bond donors (Lipinski definition) is 2. The van der Waals surface area contributed by atoms with Crippen LogP contribution in [0.4, 0.5) is 0 Å². The van der Waals surface area contributed by atoms with Crippen LogP contribution in [0.5, 0.6) is 0 Å². The molecule has 1 heterocycles. The van der Waals surface area contributed by atoms with E-state index in [0.29, 0.717) is 13.1 Å². The number of nitrogens with one attached hydrogen (secondary N) is 1. The Kier molecular flexibility index (Phi) is 4.46. The van der Waals surface area contributed by atoms with Crippen molar-refractivity contribution in [3.63, 3.8) is 0 Å². The van der Waals surface area contributed by atoms with E-state index in [4.69, 9.17) is 5.73 Å². The highest BCUT2D eigenvalue weighted by Gasteiger charge is 2.20. The van der Waals surface area contributed by atoms with Gasteiger partial charge in [-0.25, -0.2) is 0 Å². The van der Waals surface area contributed by atoms with E-state index in [1.54, 1.807) is 0 Å². The SMILES string of the molecule is NCCNC(=O)C1CCSCC1. The molecule has 70 valence electrons. The van der Waals surface area contributed by atoms with E-state index in [1.165, 1.54) is 0 Å². The first-order chi connectivity index (χ1) is 5.84. The molecule has 3 nitrogen and oxygen atoms in total. The average Bonchev–Trinajstić information content (AvgIpc) is 2.15. The van der Waals surface area contributed by atoms with Crippen LogP contribution in [0.3, 0.4) is 0 Å². The third-order valence-corrected chi connectivity index (χ3v) is 3.08.